The number of aliphatic hydroxyl groups excluding tert-OH is 1. The van der Waals surface area contributed by atoms with E-state index in [1.54, 1.807) is 30.3 Å². The lowest BCUT2D eigenvalue weighted by Crippen LogP contribution is -2.15. The Morgan fingerprint density at radius 3 is 2.45 bits per heavy atom. The number of hydrogen-bond acceptors (Lipinski definition) is 2. The number of amides is 1. The zero-order chi connectivity index (χ0) is 14.4. The van der Waals surface area contributed by atoms with Crippen LogP contribution in [0, 0.1) is 5.82 Å². The summed E-state index contributed by atoms with van der Waals surface area (Å²) in [4.78, 5) is 11.8. The largest absolute Gasteiger partial charge is 0.396 e. The minimum absolute atomic E-state index is 0.00502. The van der Waals surface area contributed by atoms with Gasteiger partial charge in [0.25, 0.3) is 0 Å². The van der Waals surface area contributed by atoms with Crippen molar-refractivity contribution in [3.8, 4) is 0 Å². The number of aliphatic hydroxyl groups is 1. The Morgan fingerprint density at radius 2 is 1.80 bits per heavy atom. The van der Waals surface area contributed by atoms with E-state index >= 15 is 0 Å². The van der Waals surface area contributed by atoms with Crippen molar-refractivity contribution < 1.29 is 14.3 Å². The first kappa shape index (κ1) is 14.2. The van der Waals surface area contributed by atoms with Gasteiger partial charge in [-0.15, -0.1) is 0 Å². The Bertz CT molecular complexity index is 581. The third-order valence-electron chi connectivity index (χ3n) is 2.95. The van der Waals surface area contributed by atoms with E-state index in [4.69, 9.17) is 5.11 Å². The summed E-state index contributed by atoms with van der Waals surface area (Å²) >= 11 is 0. The van der Waals surface area contributed by atoms with Crippen LogP contribution < -0.4 is 5.32 Å². The zero-order valence-corrected chi connectivity index (χ0v) is 11.0. The van der Waals surface area contributed by atoms with Crippen LogP contribution in [0.3, 0.4) is 0 Å². The van der Waals surface area contributed by atoms with E-state index in [2.05, 4.69) is 5.32 Å². The lowest BCUT2D eigenvalue weighted by atomic mass is 10.1. The van der Waals surface area contributed by atoms with Crippen LogP contribution >= 0.6 is 0 Å². The maximum absolute atomic E-state index is 13.4. The molecule has 2 N–H and O–H groups in total. The predicted octanol–water partition coefficient (Wildman–Crippen LogP) is 2.54. The SMILES string of the molecule is O=C(Cc1ccccc1F)Nc1ccc(CCO)cc1. The molecule has 0 fully saturated rings. The topological polar surface area (TPSA) is 49.3 Å². The fourth-order valence-electron chi connectivity index (χ4n) is 1.90. The van der Waals surface area contributed by atoms with E-state index in [9.17, 15) is 9.18 Å². The molecule has 1 amide bonds. The van der Waals surface area contributed by atoms with Gasteiger partial charge in [-0.3, -0.25) is 4.79 Å². The zero-order valence-electron chi connectivity index (χ0n) is 11.0. The van der Waals surface area contributed by atoms with Crippen molar-refractivity contribution in [2.24, 2.45) is 0 Å². The van der Waals surface area contributed by atoms with Crippen LogP contribution in [0.5, 0.6) is 0 Å². The minimum Gasteiger partial charge on any atom is -0.396 e. The van der Waals surface area contributed by atoms with Gasteiger partial charge < -0.3 is 10.4 Å². The van der Waals surface area contributed by atoms with Crippen molar-refractivity contribution in [3.05, 3.63) is 65.5 Å². The summed E-state index contributed by atoms with van der Waals surface area (Å²) in [5.74, 6) is -0.633. The molecule has 0 unspecified atom stereocenters. The summed E-state index contributed by atoms with van der Waals surface area (Å²) in [6.45, 7) is 0.0962. The molecular weight excluding hydrogens is 257 g/mol. The molecule has 2 rings (SSSR count). The minimum atomic E-state index is -0.374. The number of rotatable bonds is 5. The van der Waals surface area contributed by atoms with Crippen LogP contribution in [-0.2, 0) is 17.6 Å². The van der Waals surface area contributed by atoms with E-state index in [1.165, 1.54) is 6.07 Å². The Kier molecular flexibility index (Phi) is 4.85. The van der Waals surface area contributed by atoms with E-state index in [-0.39, 0.29) is 24.8 Å². The van der Waals surface area contributed by atoms with Crippen molar-refractivity contribution in [2.75, 3.05) is 11.9 Å². The molecule has 0 aliphatic carbocycles. The first-order valence-corrected chi connectivity index (χ1v) is 6.42. The van der Waals surface area contributed by atoms with Crippen molar-refractivity contribution in [2.45, 2.75) is 12.8 Å². The Hall–Kier alpha value is -2.20. The van der Waals surface area contributed by atoms with Gasteiger partial charge in [0.05, 0.1) is 6.42 Å². The fourth-order valence-corrected chi connectivity index (χ4v) is 1.90. The second-order valence-corrected chi connectivity index (χ2v) is 4.49. The average Bonchev–Trinajstić information content (AvgIpc) is 2.44. The van der Waals surface area contributed by atoms with Crippen LogP contribution in [0.2, 0.25) is 0 Å². The number of hydrogen-bond donors (Lipinski definition) is 2. The summed E-state index contributed by atoms with van der Waals surface area (Å²) in [5.41, 5.74) is 2.04. The van der Waals surface area contributed by atoms with E-state index in [1.807, 2.05) is 12.1 Å². The van der Waals surface area contributed by atoms with Crippen molar-refractivity contribution in [1.82, 2.24) is 0 Å². The molecule has 0 bridgehead atoms. The molecule has 0 heterocycles. The molecule has 0 saturated heterocycles. The highest BCUT2D eigenvalue weighted by Crippen LogP contribution is 2.12. The van der Waals surface area contributed by atoms with Crippen LogP contribution in [0.15, 0.2) is 48.5 Å². The van der Waals surface area contributed by atoms with Gasteiger partial charge in [-0.25, -0.2) is 4.39 Å². The maximum atomic E-state index is 13.4. The maximum Gasteiger partial charge on any atom is 0.228 e. The number of halogens is 1. The molecule has 0 radical (unpaired) electrons. The highest BCUT2D eigenvalue weighted by molar-refractivity contribution is 5.92. The van der Waals surface area contributed by atoms with E-state index in [0.29, 0.717) is 17.7 Å². The number of nitrogens with one attached hydrogen (secondary N) is 1. The first-order chi connectivity index (χ1) is 9.69. The van der Waals surface area contributed by atoms with Gasteiger partial charge in [-0.05, 0) is 35.7 Å². The molecule has 20 heavy (non-hydrogen) atoms. The molecule has 0 aliphatic rings. The van der Waals surface area contributed by atoms with Crippen LogP contribution in [-0.4, -0.2) is 17.6 Å². The summed E-state index contributed by atoms with van der Waals surface area (Å²) < 4.78 is 13.4. The molecule has 2 aromatic carbocycles. The molecule has 0 aromatic heterocycles. The van der Waals surface area contributed by atoms with Gasteiger partial charge in [-0.1, -0.05) is 30.3 Å². The molecule has 4 heteroatoms. The molecule has 0 spiro atoms. The average molecular weight is 273 g/mol. The lowest BCUT2D eigenvalue weighted by Gasteiger charge is -2.07. The predicted molar refractivity (Wildman–Crippen MR) is 76.0 cm³/mol. The molecule has 2 aromatic rings. The standard InChI is InChI=1S/C16H16FNO2/c17-15-4-2-1-3-13(15)11-16(20)18-14-7-5-12(6-8-14)9-10-19/h1-8,19H,9-11H2,(H,18,20). The van der Waals surface area contributed by atoms with E-state index in [0.717, 1.165) is 5.56 Å². The fraction of sp³-hybridized carbons (Fsp3) is 0.188. The lowest BCUT2D eigenvalue weighted by molar-refractivity contribution is -0.115. The third-order valence-corrected chi connectivity index (χ3v) is 2.95. The van der Waals surface area contributed by atoms with Gasteiger partial charge in [-0.2, -0.15) is 0 Å². The molecule has 0 atom stereocenters. The van der Waals surface area contributed by atoms with Crippen molar-refractivity contribution in [1.29, 1.82) is 0 Å². The summed E-state index contributed by atoms with van der Waals surface area (Å²) in [5, 5.41) is 11.5. The number of anilines is 1. The molecular formula is C16H16FNO2. The number of benzene rings is 2. The number of carbonyl (C=O) groups excluding carboxylic acids is 1. The molecule has 3 nitrogen and oxygen atoms in total. The third kappa shape index (κ3) is 3.90. The summed E-state index contributed by atoms with van der Waals surface area (Å²) in [7, 11) is 0. The Labute approximate surface area is 117 Å². The van der Waals surface area contributed by atoms with Crippen LogP contribution in [0.25, 0.3) is 0 Å². The van der Waals surface area contributed by atoms with Gasteiger partial charge in [0.2, 0.25) is 5.91 Å². The second-order valence-electron chi connectivity index (χ2n) is 4.49. The van der Waals surface area contributed by atoms with Gasteiger partial charge in [0, 0.05) is 12.3 Å². The van der Waals surface area contributed by atoms with Gasteiger partial charge in [0.1, 0.15) is 5.82 Å². The Morgan fingerprint density at radius 1 is 1.10 bits per heavy atom. The number of carbonyl (C=O) groups is 1. The second kappa shape index (κ2) is 6.82. The highest BCUT2D eigenvalue weighted by atomic mass is 19.1. The molecule has 0 saturated carbocycles. The molecule has 104 valence electrons. The monoisotopic (exact) mass is 273 g/mol. The van der Waals surface area contributed by atoms with Crippen molar-refractivity contribution in [3.63, 3.8) is 0 Å². The normalized spacial score (nSPS) is 10.3. The smallest absolute Gasteiger partial charge is 0.228 e. The first-order valence-electron chi connectivity index (χ1n) is 6.42. The van der Waals surface area contributed by atoms with Crippen LogP contribution in [0.1, 0.15) is 11.1 Å². The quantitative estimate of drug-likeness (QED) is 0.879. The summed E-state index contributed by atoms with van der Waals surface area (Å²) in [6.07, 6.45) is 0.592. The van der Waals surface area contributed by atoms with Crippen LogP contribution in [0.4, 0.5) is 10.1 Å². The Balaban J connectivity index is 1.96. The van der Waals surface area contributed by atoms with Gasteiger partial charge >= 0.3 is 0 Å². The van der Waals surface area contributed by atoms with Gasteiger partial charge in [0.15, 0.2) is 0 Å². The molecule has 0 aliphatic heterocycles. The van der Waals surface area contributed by atoms with E-state index < -0.39 is 0 Å². The highest BCUT2D eigenvalue weighted by Gasteiger charge is 2.07. The summed E-state index contributed by atoms with van der Waals surface area (Å²) in [6, 6.07) is 13.5. The van der Waals surface area contributed by atoms with Crippen molar-refractivity contribution >= 4 is 11.6 Å².